The molecule has 0 bridgehead atoms. The van der Waals surface area contributed by atoms with E-state index in [4.69, 9.17) is 14.5 Å². The lowest BCUT2D eigenvalue weighted by Gasteiger charge is -2.12. The number of amides is 1. The highest BCUT2D eigenvalue weighted by atomic mass is 16.5. The van der Waals surface area contributed by atoms with Crippen LogP contribution in [0.3, 0.4) is 0 Å². The molecule has 0 radical (unpaired) electrons. The first-order chi connectivity index (χ1) is 17.2. The highest BCUT2D eigenvalue weighted by Gasteiger charge is 2.15. The number of hydrogen-bond acceptors (Lipinski definition) is 6. The average Bonchev–Trinajstić information content (AvgIpc) is 3.42. The summed E-state index contributed by atoms with van der Waals surface area (Å²) in [5, 5.41) is 7.84. The number of hydrogen-bond donors (Lipinski definition) is 1. The second-order valence-electron chi connectivity index (χ2n) is 7.79. The molecule has 3 aromatic carbocycles. The van der Waals surface area contributed by atoms with E-state index in [0.717, 1.165) is 22.2 Å². The fourth-order valence-electron chi connectivity index (χ4n) is 3.74. The zero-order valence-corrected chi connectivity index (χ0v) is 19.1. The fourth-order valence-corrected chi connectivity index (χ4v) is 3.74. The van der Waals surface area contributed by atoms with Crippen molar-refractivity contribution in [2.75, 3.05) is 19.0 Å². The molecular weight excluding hydrogens is 442 g/mol. The SMILES string of the molecule is COc1ccc(-c2cc(C(=O)Nc3cccc(OCCn4cncn4)c3)c3ccccc3n2)cc1. The third kappa shape index (κ3) is 5.11. The summed E-state index contributed by atoms with van der Waals surface area (Å²) in [4.78, 5) is 22.1. The lowest BCUT2D eigenvalue weighted by Crippen LogP contribution is -2.13. The topological polar surface area (TPSA) is 91.2 Å². The molecule has 35 heavy (non-hydrogen) atoms. The first kappa shape index (κ1) is 22.1. The van der Waals surface area contributed by atoms with Gasteiger partial charge in [0.25, 0.3) is 5.91 Å². The number of nitrogens with one attached hydrogen (secondary N) is 1. The molecule has 0 saturated heterocycles. The van der Waals surface area contributed by atoms with Gasteiger partial charge >= 0.3 is 0 Å². The van der Waals surface area contributed by atoms with E-state index in [0.29, 0.717) is 35.8 Å². The van der Waals surface area contributed by atoms with Crippen LogP contribution in [0.5, 0.6) is 11.5 Å². The Hall–Kier alpha value is -4.72. The minimum Gasteiger partial charge on any atom is -0.497 e. The summed E-state index contributed by atoms with van der Waals surface area (Å²) in [5.41, 5.74) is 3.53. The van der Waals surface area contributed by atoms with Gasteiger partial charge in [0.15, 0.2) is 0 Å². The number of benzene rings is 3. The summed E-state index contributed by atoms with van der Waals surface area (Å²) in [6.45, 7) is 1.01. The number of aromatic nitrogens is 4. The van der Waals surface area contributed by atoms with Gasteiger partial charge in [-0.05, 0) is 48.5 Å². The van der Waals surface area contributed by atoms with E-state index in [1.54, 1.807) is 24.2 Å². The van der Waals surface area contributed by atoms with Crippen LogP contribution >= 0.6 is 0 Å². The van der Waals surface area contributed by atoms with E-state index in [9.17, 15) is 4.79 Å². The molecule has 1 amide bonds. The Balaban J connectivity index is 1.38. The molecule has 2 aromatic heterocycles. The van der Waals surface area contributed by atoms with Crippen LogP contribution in [0.1, 0.15) is 10.4 Å². The van der Waals surface area contributed by atoms with Crippen LogP contribution in [0.25, 0.3) is 22.2 Å². The van der Waals surface area contributed by atoms with Crippen molar-refractivity contribution in [3.05, 3.63) is 97.1 Å². The molecule has 1 N–H and O–H groups in total. The highest BCUT2D eigenvalue weighted by molar-refractivity contribution is 6.13. The van der Waals surface area contributed by atoms with Gasteiger partial charge in [-0.15, -0.1) is 0 Å². The minimum absolute atomic E-state index is 0.224. The third-order valence-electron chi connectivity index (χ3n) is 5.49. The predicted octanol–water partition coefficient (Wildman–Crippen LogP) is 4.83. The number of methoxy groups -OCH3 is 1. The molecule has 2 heterocycles. The predicted molar refractivity (Wildman–Crippen MR) is 134 cm³/mol. The van der Waals surface area contributed by atoms with Crippen molar-refractivity contribution in [3.8, 4) is 22.8 Å². The van der Waals surface area contributed by atoms with Crippen molar-refractivity contribution >= 4 is 22.5 Å². The molecule has 0 saturated carbocycles. The molecule has 0 aliphatic heterocycles. The van der Waals surface area contributed by atoms with Gasteiger partial charge in [-0.1, -0.05) is 24.3 Å². The van der Waals surface area contributed by atoms with Crippen LogP contribution in [-0.2, 0) is 6.54 Å². The number of fused-ring (bicyclic) bond motifs is 1. The molecule has 0 atom stereocenters. The number of pyridine rings is 1. The number of ether oxygens (including phenoxy) is 2. The first-order valence-corrected chi connectivity index (χ1v) is 11.1. The van der Waals surface area contributed by atoms with E-state index in [1.807, 2.05) is 72.8 Å². The maximum absolute atomic E-state index is 13.4. The van der Waals surface area contributed by atoms with Gasteiger partial charge in [-0.2, -0.15) is 5.10 Å². The minimum atomic E-state index is -0.224. The standard InChI is InChI=1S/C27H23N5O3/c1-34-21-11-9-19(10-12-21)26-16-24(23-7-2-3-8-25(23)31-26)27(33)30-20-5-4-6-22(15-20)35-14-13-32-18-28-17-29-32/h2-12,15-18H,13-14H2,1H3,(H,30,33). The van der Waals surface area contributed by atoms with E-state index in [1.165, 1.54) is 6.33 Å². The number of anilines is 1. The van der Waals surface area contributed by atoms with Crippen molar-refractivity contribution in [1.82, 2.24) is 19.7 Å². The Morgan fingerprint density at radius 1 is 0.971 bits per heavy atom. The Morgan fingerprint density at radius 3 is 2.63 bits per heavy atom. The van der Waals surface area contributed by atoms with Gasteiger partial charge in [-0.25, -0.2) is 14.6 Å². The van der Waals surface area contributed by atoms with Gasteiger partial charge < -0.3 is 14.8 Å². The summed E-state index contributed by atoms with van der Waals surface area (Å²) in [6, 6.07) is 24.4. The van der Waals surface area contributed by atoms with Crippen molar-refractivity contribution in [1.29, 1.82) is 0 Å². The lowest BCUT2D eigenvalue weighted by atomic mass is 10.0. The number of nitrogens with zero attached hydrogens (tertiary/aromatic N) is 4. The zero-order valence-electron chi connectivity index (χ0n) is 19.1. The molecule has 0 fully saturated rings. The number of carbonyl (C=O) groups is 1. The first-order valence-electron chi connectivity index (χ1n) is 11.1. The molecule has 8 nitrogen and oxygen atoms in total. The molecule has 0 aliphatic rings. The Morgan fingerprint density at radius 2 is 1.83 bits per heavy atom. The van der Waals surface area contributed by atoms with Crippen molar-refractivity contribution < 1.29 is 14.3 Å². The van der Waals surface area contributed by atoms with Crippen LogP contribution in [0.4, 0.5) is 5.69 Å². The molecule has 5 aromatic rings. The average molecular weight is 466 g/mol. The quantitative estimate of drug-likeness (QED) is 0.353. The van der Waals surface area contributed by atoms with Crippen LogP contribution in [0, 0.1) is 0 Å². The van der Waals surface area contributed by atoms with Crippen LogP contribution < -0.4 is 14.8 Å². The van der Waals surface area contributed by atoms with Crippen molar-refractivity contribution in [2.45, 2.75) is 6.54 Å². The van der Waals surface area contributed by atoms with Gasteiger partial charge in [-0.3, -0.25) is 4.79 Å². The summed E-state index contributed by atoms with van der Waals surface area (Å²) in [7, 11) is 1.63. The van der Waals surface area contributed by atoms with Crippen LogP contribution in [0.2, 0.25) is 0 Å². The lowest BCUT2D eigenvalue weighted by molar-refractivity contribution is 0.102. The fraction of sp³-hybridized carbons (Fsp3) is 0.111. The zero-order chi connectivity index (χ0) is 24.0. The third-order valence-corrected chi connectivity index (χ3v) is 5.49. The van der Waals surface area contributed by atoms with E-state index >= 15 is 0 Å². The van der Waals surface area contributed by atoms with Crippen molar-refractivity contribution in [2.24, 2.45) is 0 Å². The molecule has 174 valence electrons. The van der Waals surface area contributed by atoms with Crippen LogP contribution in [0.15, 0.2) is 91.5 Å². The molecule has 0 aliphatic carbocycles. The summed E-state index contributed by atoms with van der Waals surface area (Å²) in [5.74, 6) is 1.19. The summed E-state index contributed by atoms with van der Waals surface area (Å²) < 4.78 is 12.8. The molecular formula is C27H23N5O3. The van der Waals surface area contributed by atoms with Gasteiger partial charge in [0, 0.05) is 22.7 Å². The maximum atomic E-state index is 13.4. The van der Waals surface area contributed by atoms with Gasteiger partial charge in [0.1, 0.15) is 30.8 Å². The number of para-hydroxylation sites is 1. The monoisotopic (exact) mass is 465 g/mol. The summed E-state index contributed by atoms with van der Waals surface area (Å²) >= 11 is 0. The van der Waals surface area contributed by atoms with Crippen LogP contribution in [-0.4, -0.2) is 39.4 Å². The molecule has 0 unspecified atom stereocenters. The molecule has 5 rings (SSSR count). The molecule has 8 heteroatoms. The second kappa shape index (κ2) is 10.0. The second-order valence-corrected chi connectivity index (χ2v) is 7.79. The normalized spacial score (nSPS) is 10.8. The smallest absolute Gasteiger partial charge is 0.256 e. The van der Waals surface area contributed by atoms with E-state index in [-0.39, 0.29) is 5.91 Å². The van der Waals surface area contributed by atoms with Gasteiger partial charge in [0.05, 0.1) is 30.4 Å². The number of carbonyl (C=O) groups excluding carboxylic acids is 1. The van der Waals surface area contributed by atoms with Crippen molar-refractivity contribution in [3.63, 3.8) is 0 Å². The Labute approximate surface area is 202 Å². The highest BCUT2D eigenvalue weighted by Crippen LogP contribution is 2.27. The maximum Gasteiger partial charge on any atom is 0.256 e. The Bertz CT molecular complexity index is 1450. The van der Waals surface area contributed by atoms with Gasteiger partial charge in [0.2, 0.25) is 0 Å². The van der Waals surface area contributed by atoms with E-state index < -0.39 is 0 Å². The van der Waals surface area contributed by atoms with E-state index in [2.05, 4.69) is 15.4 Å². The summed E-state index contributed by atoms with van der Waals surface area (Å²) in [6.07, 6.45) is 3.12. The largest absolute Gasteiger partial charge is 0.497 e. The Kier molecular flexibility index (Phi) is 6.34. The molecule has 0 spiro atoms. The number of rotatable bonds is 8.